The summed E-state index contributed by atoms with van der Waals surface area (Å²) in [7, 11) is -3.72. The van der Waals surface area contributed by atoms with Gasteiger partial charge in [0.1, 0.15) is 5.75 Å². The maximum absolute atomic E-state index is 13.6. The number of benzene rings is 2. The number of carbonyl (C=O) groups excluding carboxylic acids is 1. The molecule has 0 radical (unpaired) electrons. The molecular weight excluding hydrogens is 806 g/mol. The minimum atomic E-state index is -4.66. The minimum Gasteiger partial charge on any atom is -0.480 e. The van der Waals surface area contributed by atoms with E-state index >= 15 is 0 Å². The van der Waals surface area contributed by atoms with Crippen LogP contribution in [0, 0.1) is 0 Å². The molecule has 2 aromatic carbocycles. The molecule has 53 heavy (non-hydrogen) atoms. The minimum absolute atomic E-state index is 0.190. The topological polar surface area (TPSA) is 98.2 Å². The summed E-state index contributed by atoms with van der Waals surface area (Å²) in [5.41, 5.74) is 2.93. The quantitative estimate of drug-likeness (QED) is 0.0886. The van der Waals surface area contributed by atoms with Gasteiger partial charge in [-0.2, -0.15) is 13.2 Å². The fourth-order valence-electron chi connectivity index (χ4n) is 6.77. The average Bonchev–Trinajstić information content (AvgIpc) is 3.58. The number of nitrogens with one attached hydrogen (secondary N) is 1. The van der Waals surface area contributed by atoms with Crippen LogP contribution in [-0.2, 0) is 16.4 Å². The van der Waals surface area contributed by atoms with Gasteiger partial charge in [-0.05, 0) is 59.5 Å². The molecule has 7 nitrogen and oxygen atoms in total. The number of nitrogens with zero attached hydrogens (tertiary/aromatic N) is 2. The Bertz CT molecular complexity index is 1870. The second-order valence-electron chi connectivity index (χ2n) is 13.9. The number of unbranched alkanes of at least 4 members (excludes halogenated alkanes) is 3. The summed E-state index contributed by atoms with van der Waals surface area (Å²) in [5.74, 6) is -0.919. The van der Waals surface area contributed by atoms with E-state index in [0.717, 1.165) is 48.1 Å². The number of ether oxygens (including phenoxy) is 1. The zero-order chi connectivity index (χ0) is 38.6. The molecule has 0 saturated carbocycles. The molecule has 1 unspecified atom stereocenters. The number of rotatable bonds is 16. The number of carbonyl (C=O) groups is 1. The summed E-state index contributed by atoms with van der Waals surface area (Å²) in [6.45, 7) is 8.19. The molecule has 1 aliphatic rings. The van der Waals surface area contributed by atoms with E-state index in [1.165, 1.54) is 51.8 Å². The average molecular weight is 859 g/mol. The van der Waals surface area contributed by atoms with Gasteiger partial charge in [0.2, 0.25) is 0 Å². The SMILES string of the molecule is CCC[CH2][Sn]([CH2]CCC)([CH2]CCC)[c]1cccnc1.C[C@H](Oc1ccc(S(C)(=O)=O)cc1C(=O)C1NCc2ccc(-c3cccnc3)cc21)C(F)(F)F. The number of halogens is 3. The van der Waals surface area contributed by atoms with E-state index in [1.807, 2.05) is 30.5 Å². The van der Waals surface area contributed by atoms with Crippen LogP contribution in [0.1, 0.15) is 93.7 Å². The smallest absolute Gasteiger partial charge is 0.425 e. The number of sulfone groups is 1. The number of Topliss-reactive ketones (excluding diaryl/α,β-unsaturated/α-hetero) is 1. The molecule has 4 aromatic rings. The van der Waals surface area contributed by atoms with Crippen LogP contribution in [-0.4, -0.2) is 61.1 Å². The zero-order valence-electron chi connectivity index (χ0n) is 31.4. The maximum atomic E-state index is 13.6. The van der Waals surface area contributed by atoms with Crippen LogP contribution in [0.5, 0.6) is 5.75 Å². The van der Waals surface area contributed by atoms with Crippen molar-refractivity contribution < 1.29 is 31.1 Å². The zero-order valence-corrected chi connectivity index (χ0v) is 35.0. The van der Waals surface area contributed by atoms with Crippen molar-refractivity contribution in [2.24, 2.45) is 0 Å². The molecule has 3 heterocycles. The molecule has 0 spiro atoms. The first-order valence-corrected chi connectivity index (χ1v) is 27.9. The Morgan fingerprint density at radius 1 is 0.887 bits per heavy atom. The molecular formula is C41H52F3N3O4SSn. The second kappa shape index (κ2) is 19.3. The Kier molecular flexibility index (Phi) is 15.5. The van der Waals surface area contributed by atoms with Gasteiger partial charge in [-0.15, -0.1) is 0 Å². The molecule has 286 valence electrons. The molecule has 0 fully saturated rings. The first-order chi connectivity index (χ1) is 25.2. The first-order valence-electron chi connectivity index (χ1n) is 18.5. The van der Waals surface area contributed by atoms with Crippen LogP contribution in [0.2, 0.25) is 13.3 Å². The molecule has 5 rings (SSSR count). The fraction of sp³-hybridized carbons (Fsp3) is 0.439. The van der Waals surface area contributed by atoms with E-state index in [-0.39, 0.29) is 16.2 Å². The summed E-state index contributed by atoms with van der Waals surface area (Å²) in [5, 5.41) is 3.08. The monoisotopic (exact) mass is 859 g/mol. The summed E-state index contributed by atoms with van der Waals surface area (Å²) >= 11 is -2.16. The third-order valence-corrected chi connectivity index (χ3v) is 26.6. The predicted molar refractivity (Wildman–Crippen MR) is 208 cm³/mol. The van der Waals surface area contributed by atoms with Gasteiger partial charge in [0.15, 0.2) is 21.7 Å². The number of hydrogen-bond acceptors (Lipinski definition) is 7. The van der Waals surface area contributed by atoms with Crippen molar-refractivity contribution in [1.82, 2.24) is 15.3 Å². The van der Waals surface area contributed by atoms with Gasteiger partial charge < -0.3 is 4.74 Å². The van der Waals surface area contributed by atoms with Crippen molar-refractivity contribution in [3.63, 3.8) is 0 Å². The van der Waals surface area contributed by atoms with Gasteiger partial charge in [-0.1, -0.05) is 18.2 Å². The maximum Gasteiger partial charge on any atom is 0.425 e. The number of fused-ring (bicyclic) bond motifs is 1. The van der Waals surface area contributed by atoms with Gasteiger partial charge in [0, 0.05) is 25.2 Å². The van der Waals surface area contributed by atoms with E-state index in [2.05, 4.69) is 54.4 Å². The number of alkyl halides is 3. The number of aromatic nitrogens is 2. The van der Waals surface area contributed by atoms with Gasteiger partial charge in [-0.25, -0.2) is 8.42 Å². The molecule has 0 saturated heterocycles. The summed E-state index contributed by atoms with van der Waals surface area (Å²) in [6, 6.07) is 16.2. The Morgan fingerprint density at radius 2 is 1.51 bits per heavy atom. The third kappa shape index (κ3) is 11.4. The molecule has 1 aliphatic heterocycles. The van der Waals surface area contributed by atoms with Crippen molar-refractivity contribution in [1.29, 1.82) is 0 Å². The third-order valence-electron chi connectivity index (χ3n) is 9.92. The number of pyridine rings is 2. The van der Waals surface area contributed by atoms with E-state index in [4.69, 9.17) is 4.74 Å². The van der Waals surface area contributed by atoms with Crippen LogP contribution in [0.25, 0.3) is 11.1 Å². The fourth-order valence-corrected chi connectivity index (χ4v) is 23.1. The van der Waals surface area contributed by atoms with Gasteiger partial charge in [0.25, 0.3) is 0 Å². The van der Waals surface area contributed by atoms with E-state index in [1.54, 1.807) is 22.0 Å². The van der Waals surface area contributed by atoms with Crippen LogP contribution < -0.4 is 13.6 Å². The standard InChI is InChI=1S/C24H21F3N2O4S.C5H4N.3C4H9.Sn/c1-14(24(25,26)27)33-21-8-7-18(34(2,31)32)11-20(21)23(30)22-19-10-15(5-6-17(19)13-29-22)16-4-3-9-28-12-16;1-2-4-6-5-3-1;3*1-3-4-2;/h3-12,14,22,29H,13H2,1-2H3;1-2,4-5H;3*1,3-4H2,2H3;/t14-,22?;;;;;/m0...../s1. The van der Waals surface area contributed by atoms with Crippen LogP contribution in [0.3, 0.4) is 0 Å². The Hall–Kier alpha value is -3.29. The summed E-state index contributed by atoms with van der Waals surface area (Å²) in [4.78, 5) is 21.9. The largest absolute Gasteiger partial charge is 0.480 e. The van der Waals surface area contributed by atoms with Crippen molar-refractivity contribution >= 4 is 37.6 Å². The van der Waals surface area contributed by atoms with Crippen molar-refractivity contribution in [3.8, 4) is 16.9 Å². The molecule has 0 aliphatic carbocycles. The Labute approximate surface area is 317 Å². The van der Waals surface area contributed by atoms with Crippen LogP contribution >= 0.6 is 0 Å². The molecule has 2 atom stereocenters. The van der Waals surface area contributed by atoms with E-state index < -0.39 is 52.3 Å². The number of hydrogen-bond donors (Lipinski definition) is 1. The van der Waals surface area contributed by atoms with Crippen molar-refractivity contribution in [2.75, 3.05) is 6.26 Å². The molecule has 0 amide bonds. The van der Waals surface area contributed by atoms with E-state index in [0.29, 0.717) is 12.1 Å². The first kappa shape index (κ1) is 42.5. The Morgan fingerprint density at radius 3 is 2.04 bits per heavy atom. The van der Waals surface area contributed by atoms with Crippen molar-refractivity contribution in [2.45, 2.75) is 109 Å². The molecule has 0 bridgehead atoms. The number of ketones is 1. The second-order valence-corrected chi connectivity index (χ2v) is 29.2. The van der Waals surface area contributed by atoms with Crippen LogP contribution in [0.4, 0.5) is 13.2 Å². The molecule has 2 aromatic heterocycles. The molecule has 1 N–H and O–H groups in total. The summed E-state index contributed by atoms with van der Waals surface area (Å²) in [6.07, 6.45) is 9.89. The van der Waals surface area contributed by atoms with Crippen LogP contribution in [0.15, 0.2) is 90.3 Å². The van der Waals surface area contributed by atoms with Crippen molar-refractivity contribution in [3.05, 3.63) is 102 Å². The predicted octanol–water partition coefficient (Wildman–Crippen LogP) is 9.65. The summed E-state index contributed by atoms with van der Waals surface area (Å²) < 4.78 is 74.9. The molecule has 12 heteroatoms. The van der Waals surface area contributed by atoms with Gasteiger partial charge >= 0.3 is 130 Å². The van der Waals surface area contributed by atoms with Gasteiger partial charge in [-0.3, -0.25) is 15.1 Å². The van der Waals surface area contributed by atoms with Gasteiger partial charge in [0.05, 0.1) is 16.5 Å². The normalized spacial score (nSPS) is 14.9. The van der Waals surface area contributed by atoms with E-state index in [9.17, 15) is 26.4 Å². The Balaban J connectivity index is 0.000000281.